The molecule has 44 heavy (non-hydrogen) atoms. The van der Waals surface area contributed by atoms with Gasteiger partial charge >= 0.3 is 5.97 Å². The number of phenolic OH excluding ortho intramolecular Hbond substituents is 1. The van der Waals surface area contributed by atoms with Gasteiger partial charge in [0.1, 0.15) is 29.3 Å². The Balaban J connectivity index is 1.52. The van der Waals surface area contributed by atoms with Crippen LogP contribution in [0.15, 0.2) is 59.1 Å². The number of aryl methyl sites for hydroxylation is 1. The maximum absolute atomic E-state index is 13.4. The second kappa shape index (κ2) is 12.7. The topological polar surface area (TPSA) is 85.0 Å². The quantitative estimate of drug-likeness (QED) is 0.171. The van der Waals surface area contributed by atoms with Crippen LogP contribution >= 0.6 is 23.2 Å². The van der Waals surface area contributed by atoms with Crippen LogP contribution in [0.3, 0.4) is 0 Å². The zero-order valence-electron chi connectivity index (χ0n) is 25.0. The molecule has 0 radical (unpaired) electrons. The first kappa shape index (κ1) is 30.3. The molecule has 1 unspecified atom stereocenters. The van der Waals surface area contributed by atoms with Gasteiger partial charge in [-0.1, -0.05) is 53.9 Å². The molecular formula is C35H34Cl2N2O5. The monoisotopic (exact) mass is 632 g/mol. The highest BCUT2D eigenvalue weighted by atomic mass is 35.5. The Kier molecular flexibility index (Phi) is 8.72. The molecule has 0 saturated carbocycles. The van der Waals surface area contributed by atoms with E-state index in [0.717, 1.165) is 54.4 Å². The number of rotatable bonds is 8. The predicted octanol–water partition coefficient (Wildman–Crippen LogP) is 8.94. The number of ether oxygens (including phenoxy) is 2. The van der Waals surface area contributed by atoms with Crippen molar-refractivity contribution < 1.29 is 23.8 Å². The third-order valence-electron chi connectivity index (χ3n) is 8.35. The van der Waals surface area contributed by atoms with Crippen molar-refractivity contribution in [1.29, 1.82) is 0 Å². The Morgan fingerprint density at radius 2 is 1.75 bits per heavy atom. The Bertz CT molecular complexity index is 1840. The molecule has 0 aliphatic carbocycles. The first-order valence-corrected chi connectivity index (χ1v) is 15.6. The van der Waals surface area contributed by atoms with E-state index in [1.54, 1.807) is 20.0 Å². The van der Waals surface area contributed by atoms with Crippen molar-refractivity contribution >= 4 is 50.9 Å². The number of furan rings is 1. The molecule has 228 valence electrons. The summed E-state index contributed by atoms with van der Waals surface area (Å²) in [5.41, 5.74) is 4.01. The number of piperidine rings is 1. The second-order valence-corrected chi connectivity index (χ2v) is 12.0. The van der Waals surface area contributed by atoms with E-state index in [2.05, 4.69) is 9.88 Å². The molecule has 1 aliphatic rings. The number of likely N-dealkylation sites (tertiary alicyclic amines) is 1. The fraction of sp³-hybridized carbons (Fsp3) is 0.314. The van der Waals surface area contributed by atoms with Crippen molar-refractivity contribution in [3.63, 3.8) is 0 Å². The van der Waals surface area contributed by atoms with Crippen molar-refractivity contribution in [3.8, 4) is 11.6 Å². The number of aromatic hydroxyl groups is 1. The van der Waals surface area contributed by atoms with Gasteiger partial charge in [0.25, 0.3) is 0 Å². The molecule has 3 heterocycles. The molecule has 1 atom stereocenters. The molecule has 5 aromatic rings. The number of pyridine rings is 1. The molecule has 7 nitrogen and oxygen atoms in total. The van der Waals surface area contributed by atoms with Crippen LogP contribution in [0.4, 0.5) is 0 Å². The predicted molar refractivity (Wildman–Crippen MR) is 173 cm³/mol. The van der Waals surface area contributed by atoms with E-state index in [0.29, 0.717) is 49.2 Å². The van der Waals surface area contributed by atoms with Gasteiger partial charge in [-0.3, -0.25) is 4.90 Å². The number of fused-ring (bicyclic) bond motifs is 3. The van der Waals surface area contributed by atoms with Crippen LogP contribution in [0.2, 0.25) is 10.0 Å². The summed E-state index contributed by atoms with van der Waals surface area (Å²) in [4.78, 5) is 20.2. The molecule has 3 aromatic carbocycles. The first-order chi connectivity index (χ1) is 21.3. The maximum Gasteiger partial charge on any atom is 0.342 e. The van der Waals surface area contributed by atoms with E-state index in [9.17, 15) is 9.90 Å². The van der Waals surface area contributed by atoms with Gasteiger partial charge in [0.2, 0.25) is 5.88 Å². The van der Waals surface area contributed by atoms with Gasteiger partial charge in [-0.05, 0) is 81.6 Å². The molecule has 1 fully saturated rings. The minimum Gasteiger partial charge on any atom is -0.507 e. The number of phenols is 1. The summed E-state index contributed by atoms with van der Waals surface area (Å²) < 4.78 is 17.9. The molecule has 1 N–H and O–H groups in total. The van der Waals surface area contributed by atoms with E-state index in [4.69, 9.17) is 37.1 Å². The van der Waals surface area contributed by atoms with Crippen molar-refractivity contribution in [3.05, 3.63) is 98.4 Å². The third-order valence-corrected chi connectivity index (χ3v) is 9.13. The SMILES string of the molecule is CCOC(=O)c1c(C)oc2c1c(C(c1ccnc(OCc3cc(Cl)c(C)c(Cl)c3)c1)N1CCCCC1)c(O)c1ccccc12. The lowest BCUT2D eigenvalue weighted by molar-refractivity contribution is 0.0526. The molecule has 1 aliphatic heterocycles. The molecule has 0 bridgehead atoms. The van der Waals surface area contributed by atoms with Crippen LogP contribution < -0.4 is 4.74 Å². The van der Waals surface area contributed by atoms with E-state index in [1.165, 1.54) is 0 Å². The molecule has 9 heteroatoms. The van der Waals surface area contributed by atoms with E-state index in [1.807, 2.05) is 55.5 Å². The summed E-state index contributed by atoms with van der Waals surface area (Å²) in [5, 5.41) is 15.2. The molecule has 6 rings (SSSR count). The number of nitrogens with zero attached hydrogens (tertiary/aromatic N) is 2. The molecule has 2 aromatic heterocycles. The number of hydrogen-bond acceptors (Lipinski definition) is 7. The highest BCUT2D eigenvalue weighted by Crippen LogP contribution is 2.48. The Morgan fingerprint density at radius 3 is 2.45 bits per heavy atom. The summed E-state index contributed by atoms with van der Waals surface area (Å²) in [6, 6.07) is 14.6. The highest BCUT2D eigenvalue weighted by Gasteiger charge is 2.34. The van der Waals surface area contributed by atoms with Gasteiger partial charge < -0.3 is 19.0 Å². The lowest BCUT2D eigenvalue weighted by atomic mass is 9.88. The molecular weight excluding hydrogens is 599 g/mol. The number of hydrogen-bond donors (Lipinski definition) is 1. The molecule has 1 saturated heterocycles. The summed E-state index contributed by atoms with van der Waals surface area (Å²) in [6.07, 6.45) is 4.88. The molecule has 0 spiro atoms. The minimum atomic E-state index is -0.480. The van der Waals surface area contributed by atoms with Crippen LogP contribution in [0.25, 0.3) is 21.7 Å². The lowest BCUT2D eigenvalue weighted by Gasteiger charge is -2.36. The fourth-order valence-electron chi connectivity index (χ4n) is 6.21. The van der Waals surface area contributed by atoms with Crippen LogP contribution in [0.1, 0.15) is 70.6 Å². The minimum absolute atomic E-state index is 0.109. The fourth-order valence-corrected chi connectivity index (χ4v) is 6.74. The standard InChI is InChI=1S/C35H34Cl2N2O5/c1-4-42-35(41)29-21(3)44-34-25-11-7-6-10-24(25)33(40)31(30(29)34)32(39-14-8-5-9-15-39)23-12-13-38-28(18-23)43-19-22-16-26(36)20(2)27(37)17-22/h6-7,10-13,16-18,32,40H,4-5,8-9,14-15,19H2,1-3H3. The lowest BCUT2D eigenvalue weighted by Crippen LogP contribution is -2.34. The third kappa shape index (κ3) is 5.60. The van der Waals surface area contributed by atoms with Gasteiger partial charge in [-0.2, -0.15) is 0 Å². The first-order valence-electron chi connectivity index (χ1n) is 14.9. The van der Waals surface area contributed by atoms with Gasteiger partial charge in [-0.25, -0.2) is 9.78 Å². The maximum atomic E-state index is 13.4. The number of halogens is 2. The number of aromatic nitrogens is 1. The number of benzene rings is 3. The van der Waals surface area contributed by atoms with Gasteiger partial charge in [0.05, 0.1) is 12.6 Å². The van der Waals surface area contributed by atoms with Crippen molar-refractivity contribution in [1.82, 2.24) is 9.88 Å². The zero-order valence-corrected chi connectivity index (χ0v) is 26.5. The van der Waals surface area contributed by atoms with Crippen LogP contribution in [0.5, 0.6) is 11.6 Å². The van der Waals surface area contributed by atoms with Crippen LogP contribution in [-0.2, 0) is 11.3 Å². The van der Waals surface area contributed by atoms with Crippen molar-refractivity contribution in [2.75, 3.05) is 19.7 Å². The number of carbonyl (C=O) groups is 1. The largest absolute Gasteiger partial charge is 0.507 e. The second-order valence-electron chi connectivity index (χ2n) is 11.2. The summed E-state index contributed by atoms with van der Waals surface area (Å²) in [6.45, 7) is 7.50. The number of esters is 1. The average Bonchev–Trinajstić information content (AvgIpc) is 3.38. The average molecular weight is 634 g/mol. The molecule has 0 amide bonds. The smallest absolute Gasteiger partial charge is 0.342 e. The Morgan fingerprint density at radius 1 is 1.05 bits per heavy atom. The van der Waals surface area contributed by atoms with Crippen LogP contribution in [0, 0.1) is 13.8 Å². The normalized spacial score (nSPS) is 14.7. The zero-order chi connectivity index (χ0) is 31.0. The van der Waals surface area contributed by atoms with Gasteiger partial charge in [0, 0.05) is 44.0 Å². The highest BCUT2D eigenvalue weighted by molar-refractivity contribution is 6.36. The van der Waals surface area contributed by atoms with E-state index < -0.39 is 12.0 Å². The van der Waals surface area contributed by atoms with E-state index >= 15 is 0 Å². The van der Waals surface area contributed by atoms with Crippen LogP contribution in [-0.4, -0.2) is 40.7 Å². The van der Waals surface area contributed by atoms with Gasteiger partial charge in [0.15, 0.2) is 0 Å². The summed E-state index contributed by atoms with van der Waals surface area (Å²) >= 11 is 12.7. The number of carbonyl (C=O) groups excluding carboxylic acids is 1. The Labute approximate surface area is 266 Å². The summed E-state index contributed by atoms with van der Waals surface area (Å²) in [7, 11) is 0. The van der Waals surface area contributed by atoms with Gasteiger partial charge in [-0.15, -0.1) is 0 Å². The van der Waals surface area contributed by atoms with E-state index in [-0.39, 0.29) is 19.0 Å². The Hall–Kier alpha value is -3.78. The van der Waals surface area contributed by atoms with Crippen molar-refractivity contribution in [2.24, 2.45) is 0 Å². The summed E-state index contributed by atoms with van der Waals surface area (Å²) in [5.74, 6) is 0.495. The van der Waals surface area contributed by atoms with Crippen molar-refractivity contribution in [2.45, 2.75) is 52.7 Å².